The Balaban J connectivity index is 2.46. The van der Waals surface area contributed by atoms with Crippen molar-refractivity contribution < 1.29 is 5.11 Å². The van der Waals surface area contributed by atoms with E-state index in [-0.39, 0.29) is 6.61 Å². The highest BCUT2D eigenvalue weighted by Gasteiger charge is 2.21. The topological polar surface area (TPSA) is 35.5 Å². The summed E-state index contributed by atoms with van der Waals surface area (Å²) >= 11 is 0. The fraction of sp³-hybridized carbons (Fsp3) is 1.00. The molecule has 0 amide bonds. The Kier molecular flexibility index (Phi) is 7.01. The van der Waals surface area contributed by atoms with E-state index in [4.69, 9.17) is 5.11 Å². The van der Waals surface area contributed by atoms with Crippen LogP contribution in [0, 0.1) is 0 Å². The number of likely N-dealkylation sites (tertiary alicyclic amines) is 1. The lowest BCUT2D eigenvalue weighted by Crippen LogP contribution is -2.44. The number of nitrogens with one attached hydrogen (secondary N) is 1. The molecule has 1 fully saturated rings. The van der Waals surface area contributed by atoms with E-state index in [0.29, 0.717) is 6.04 Å². The van der Waals surface area contributed by atoms with Crippen LogP contribution in [-0.2, 0) is 0 Å². The molecule has 96 valence electrons. The zero-order valence-corrected chi connectivity index (χ0v) is 10.9. The van der Waals surface area contributed by atoms with E-state index in [1.807, 2.05) is 7.05 Å². The van der Waals surface area contributed by atoms with Gasteiger partial charge in [-0.15, -0.1) is 0 Å². The third-order valence-corrected chi connectivity index (χ3v) is 3.81. The molecule has 0 aromatic carbocycles. The first kappa shape index (κ1) is 13.9. The number of aliphatic hydroxyl groups is 1. The number of hydrogen-bond donors (Lipinski definition) is 2. The van der Waals surface area contributed by atoms with Crippen LogP contribution >= 0.6 is 0 Å². The lowest BCUT2D eigenvalue weighted by atomic mass is 10.1. The van der Waals surface area contributed by atoms with Gasteiger partial charge in [0.1, 0.15) is 0 Å². The van der Waals surface area contributed by atoms with Gasteiger partial charge in [0.2, 0.25) is 0 Å². The molecule has 0 radical (unpaired) electrons. The van der Waals surface area contributed by atoms with Crippen molar-refractivity contribution >= 4 is 0 Å². The van der Waals surface area contributed by atoms with Gasteiger partial charge in [0.25, 0.3) is 0 Å². The highest BCUT2D eigenvalue weighted by molar-refractivity contribution is 4.78. The fourth-order valence-corrected chi connectivity index (χ4v) is 2.71. The predicted molar refractivity (Wildman–Crippen MR) is 68.7 cm³/mol. The minimum Gasteiger partial charge on any atom is -0.396 e. The van der Waals surface area contributed by atoms with Gasteiger partial charge in [0.15, 0.2) is 0 Å². The molecule has 2 unspecified atom stereocenters. The Bertz CT molecular complexity index is 175. The molecule has 1 heterocycles. The van der Waals surface area contributed by atoms with E-state index >= 15 is 0 Å². The summed E-state index contributed by atoms with van der Waals surface area (Å²) in [6.07, 6.45) is 7.59. The molecule has 0 bridgehead atoms. The standard InChI is InChI=1S/C13H28N2O/c1-3-13-7-5-4-6-9-15(13)11-12(14-2)8-10-16/h12-14,16H,3-11H2,1-2H3. The Morgan fingerprint density at radius 1 is 1.38 bits per heavy atom. The van der Waals surface area contributed by atoms with E-state index in [1.54, 1.807) is 0 Å². The smallest absolute Gasteiger partial charge is 0.0446 e. The lowest BCUT2D eigenvalue weighted by Gasteiger charge is -2.32. The highest BCUT2D eigenvalue weighted by atomic mass is 16.3. The third-order valence-electron chi connectivity index (χ3n) is 3.81. The monoisotopic (exact) mass is 228 g/mol. The van der Waals surface area contributed by atoms with E-state index in [0.717, 1.165) is 19.0 Å². The summed E-state index contributed by atoms with van der Waals surface area (Å²) in [4.78, 5) is 2.63. The van der Waals surface area contributed by atoms with Gasteiger partial charge in [0, 0.05) is 25.2 Å². The van der Waals surface area contributed by atoms with Crippen LogP contribution in [0.1, 0.15) is 45.4 Å². The quantitative estimate of drug-likeness (QED) is 0.725. The summed E-state index contributed by atoms with van der Waals surface area (Å²) in [5, 5.41) is 12.3. The molecule has 0 aromatic rings. The molecule has 0 spiro atoms. The SMILES string of the molecule is CCC1CCCCCN1CC(CCO)NC. The first-order valence-electron chi connectivity index (χ1n) is 6.84. The van der Waals surface area contributed by atoms with Gasteiger partial charge in [-0.05, 0) is 39.3 Å². The summed E-state index contributed by atoms with van der Waals surface area (Å²) in [6.45, 7) is 4.91. The maximum absolute atomic E-state index is 9.02. The van der Waals surface area contributed by atoms with E-state index in [2.05, 4.69) is 17.1 Å². The normalized spacial score (nSPS) is 25.3. The second-order valence-corrected chi connectivity index (χ2v) is 4.90. The fourth-order valence-electron chi connectivity index (χ4n) is 2.71. The molecule has 3 heteroatoms. The average Bonchev–Trinajstić information content (AvgIpc) is 2.53. The van der Waals surface area contributed by atoms with Crippen LogP contribution in [-0.4, -0.2) is 48.8 Å². The Morgan fingerprint density at radius 2 is 2.19 bits per heavy atom. The maximum atomic E-state index is 9.02. The van der Waals surface area contributed by atoms with Crippen LogP contribution in [0.4, 0.5) is 0 Å². The van der Waals surface area contributed by atoms with E-state index in [9.17, 15) is 0 Å². The molecule has 0 aliphatic carbocycles. The largest absolute Gasteiger partial charge is 0.396 e. The number of hydrogen-bond acceptors (Lipinski definition) is 3. The van der Waals surface area contributed by atoms with Gasteiger partial charge in [-0.1, -0.05) is 19.8 Å². The van der Waals surface area contributed by atoms with Crippen LogP contribution in [0.15, 0.2) is 0 Å². The van der Waals surface area contributed by atoms with Gasteiger partial charge in [-0.25, -0.2) is 0 Å². The van der Waals surface area contributed by atoms with Crippen molar-refractivity contribution in [1.29, 1.82) is 0 Å². The molecule has 16 heavy (non-hydrogen) atoms. The summed E-state index contributed by atoms with van der Waals surface area (Å²) < 4.78 is 0. The van der Waals surface area contributed by atoms with Crippen LogP contribution in [0.25, 0.3) is 0 Å². The van der Waals surface area contributed by atoms with Crippen molar-refractivity contribution in [3.05, 3.63) is 0 Å². The van der Waals surface area contributed by atoms with Crippen molar-refractivity contribution in [1.82, 2.24) is 10.2 Å². The summed E-state index contributed by atoms with van der Waals surface area (Å²) in [6, 6.07) is 1.20. The number of likely N-dealkylation sites (N-methyl/N-ethyl adjacent to an activating group) is 1. The maximum Gasteiger partial charge on any atom is 0.0446 e. The zero-order chi connectivity index (χ0) is 11.8. The Labute approximate surface area is 100 Å². The van der Waals surface area contributed by atoms with Crippen molar-refractivity contribution in [3.63, 3.8) is 0 Å². The summed E-state index contributed by atoms with van der Waals surface area (Å²) in [5.41, 5.74) is 0. The minimum absolute atomic E-state index is 0.288. The van der Waals surface area contributed by atoms with Gasteiger partial charge in [-0.3, -0.25) is 4.90 Å². The Morgan fingerprint density at radius 3 is 2.81 bits per heavy atom. The zero-order valence-electron chi connectivity index (χ0n) is 10.9. The average molecular weight is 228 g/mol. The lowest BCUT2D eigenvalue weighted by molar-refractivity contribution is 0.162. The van der Waals surface area contributed by atoms with Crippen LogP contribution in [0.2, 0.25) is 0 Å². The molecule has 1 saturated heterocycles. The number of rotatable bonds is 6. The van der Waals surface area contributed by atoms with E-state index < -0.39 is 0 Å². The van der Waals surface area contributed by atoms with Crippen LogP contribution < -0.4 is 5.32 Å². The minimum atomic E-state index is 0.288. The molecular weight excluding hydrogens is 200 g/mol. The second-order valence-electron chi connectivity index (χ2n) is 4.90. The van der Waals surface area contributed by atoms with Gasteiger partial charge in [0.05, 0.1) is 0 Å². The molecular formula is C13H28N2O. The predicted octanol–water partition coefficient (Wildman–Crippen LogP) is 1.61. The highest BCUT2D eigenvalue weighted by Crippen LogP contribution is 2.19. The van der Waals surface area contributed by atoms with Crippen molar-refractivity contribution in [2.75, 3.05) is 26.7 Å². The molecule has 1 rings (SSSR count). The van der Waals surface area contributed by atoms with Crippen LogP contribution in [0.3, 0.4) is 0 Å². The molecule has 2 atom stereocenters. The molecule has 3 nitrogen and oxygen atoms in total. The first-order valence-corrected chi connectivity index (χ1v) is 6.84. The van der Waals surface area contributed by atoms with Gasteiger partial charge >= 0.3 is 0 Å². The molecule has 0 saturated carbocycles. The third kappa shape index (κ3) is 4.40. The number of aliphatic hydroxyl groups excluding tert-OH is 1. The van der Waals surface area contributed by atoms with E-state index in [1.165, 1.54) is 38.6 Å². The molecule has 1 aliphatic rings. The molecule has 2 N–H and O–H groups in total. The second kappa shape index (κ2) is 8.04. The summed E-state index contributed by atoms with van der Waals surface area (Å²) in [5.74, 6) is 0. The van der Waals surface area contributed by atoms with Crippen molar-refractivity contribution in [2.24, 2.45) is 0 Å². The van der Waals surface area contributed by atoms with Crippen LogP contribution in [0.5, 0.6) is 0 Å². The number of nitrogens with zero attached hydrogens (tertiary/aromatic N) is 1. The van der Waals surface area contributed by atoms with Gasteiger partial charge in [-0.2, -0.15) is 0 Å². The van der Waals surface area contributed by atoms with Crippen molar-refractivity contribution in [3.8, 4) is 0 Å². The summed E-state index contributed by atoms with van der Waals surface area (Å²) in [7, 11) is 2.00. The molecule has 0 aromatic heterocycles. The molecule has 1 aliphatic heterocycles. The van der Waals surface area contributed by atoms with Gasteiger partial charge < -0.3 is 10.4 Å². The Hall–Kier alpha value is -0.120. The van der Waals surface area contributed by atoms with Crippen molar-refractivity contribution in [2.45, 2.75) is 57.5 Å². The first-order chi connectivity index (χ1) is 7.81.